The quantitative estimate of drug-likeness (QED) is 0.726. The largest absolute Gasteiger partial charge is 0.350 e. The fourth-order valence-electron chi connectivity index (χ4n) is 2.35. The molecule has 128 valence electrons. The van der Waals surface area contributed by atoms with Crippen molar-refractivity contribution in [3.8, 4) is 0 Å². The molecule has 1 unspecified atom stereocenters. The Morgan fingerprint density at radius 1 is 1.08 bits per heavy atom. The second-order valence-electron chi connectivity index (χ2n) is 5.84. The fourth-order valence-corrected chi connectivity index (χ4v) is 3.13. The van der Waals surface area contributed by atoms with Gasteiger partial charge in [-0.2, -0.15) is 4.37 Å². The number of amides is 2. The van der Waals surface area contributed by atoms with E-state index in [1.54, 1.807) is 24.3 Å². The van der Waals surface area contributed by atoms with Crippen LogP contribution in [0.5, 0.6) is 0 Å². The maximum absolute atomic E-state index is 12.4. The van der Waals surface area contributed by atoms with Gasteiger partial charge in [0.1, 0.15) is 5.69 Å². The van der Waals surface area contributed by atoms with E-state index in [4.69, 9.17) is 0 Å². The Hall–Kier alpha value is -2.73. The lowest BCUT2D eigenvalue weighted by Crippen LogP contribution is -2.31. The molecule has 0 aliphatic carbocycles. The molecule has 0 aliphatic heterocycles. The van der Waals surface area contributed by atoms with Gasteiger partial charge >= 0.3 is 0 Å². The molecular weight excluding hydrogens is 334 g/mol. The van der Waals surface area contributed by atoms with Crippen LogP contribution in [0.15, 0.2) is 48.5 Å². The first kappa shape index (κ1) is 17.1. The minimum atomic E-state index is -0.255. The van der Waals surface area contributed by atoms with Crippen molar-refractivity contribution >= 4 is 39.1 Å². The van der Waals surface area contributed by atoms with Crippen LogP contribution in [0.25, 0.3) is 10.1 Å². The van der Waals surface area contributed by atoms with E-state index in [9.17, 15) is 9.59 Å². The summed E-state index contributed by atoms with van der Waals surface area (Å²) in [5.41, 5.74) is 1.61. The zero-order chi connectivity index (χ0) is 17.8. The maximum Gasteiger partial charge on any atom is 0.276 e. The molecule has 0 saturated heterocycles. The van der Waals surface area contributed by atoms with E-state index in [0.29, 0.717) is 16.9 Å². The van der Waals surface area contributed by atoms with Gasteiger partial charge < -0.3 is 10.6 Å². The van der Waals surface area contributed by atoms with Crippen LogP contribution >= 0.6 is 11.5 Å². The van der Waals surface area contributed by atoms with Crippen molar-refractivity contribution in [2.24, 2.45) is 0 Å². The number of rotatable bonds is 5. The zero-order valence-corrected chi connectivity index (χ0v) is 14.9. The van der Waals surface area contributed by atoms with E-state index in [1.165, 1.54) is 11.5 Å². The van der Waals surface area contributed by atoms with Crippen molar-refractivity contribution in [2.45, 2.75) is 26.3 Å². The first-order chi connectivity index (χ1) is 12.1. The summed E-state index contributed by atoms with van der Waals surface area (Å²) in [6.07, 6.45) is 0.876. The van der Waals surface area contributed by atoms with E-state index in [0.717, 1.165) is 16.5 Å². The average Bonchev–Trinajstić information content (AvgIpc) is 3.06. The fraction of sp³-hybridized carbons (Fsp3) is 0.211. The number of benzene rings is 2. The minimum Gasteiger partial charge on any atom is -0.350 e. The smallest absolute Gasteiger partial charge is 0.276 e. The lowest BCUT2D eigenvalue weighted by atomic mass is 10.1. The Labute approximate surface area is 150 Å². The molecule has 25 heavy (non-hydrogen) atoms. The number of hydrogen-bond acceptors (Lipinski definition) is 4. The van der Waals surface area contributed by atoms with Crippen molar-refractivity contribution < 1.29 is 9.59 Å². The predicted molar refractivity (Wildman–Crippen MR) is 101 cm³/mol. The van der Waals surface area contributed by atoms with Gasteiger partial charge in [0.05, 0.1) is 4.70 Å². The summed E-state index contributed by atoms with van der Waals surface area (Å²) in [5.74, 6) is -0.369. The Balaban J connectivity index is 1.71. The van der Waals surface area contributed by atoms with Gasteiger partial charge in [0.15, 0.2) is 0 Å². The molecule has 2 amide bonds. The highest BCUT2D eigenvalue weighted by atomic mass is 32.1. The SMILES string of the molecule is CCC(C)NC(=O)c1ccc(NC(=O)c2nsc3ccccc23)cc1. The number of nitrogens with one attached hydrogen (secondary N) is 2. The molecule has 3 rings (SSSR count). The van der Waals surface area contributed by atoms with Crippen molar-refractivity contribution in [3.05, 3.63) is 59.8 Å². The molecule has 0 bridgehead atoms. The highest BCUT2D eigenvalue weighted by molar-refractivity contribution is 7.13. The van der Waals surface area contributed by atoms with Gasteiger partial charge in [0.2, 0.25) is 0 Å². The molecule has 3 aromatic rings. The number of hydrogen-bond donors (Lipinski definition) is 2. The van der Waals surface area contributed by atoms with Gasteiger partial charge in [0.25, 0.3) is 11.8 Å². The van der Waals surface area contributed by atoms with E-state index < -0.39 is 0 Å². The first-order valence-corrected chi connectivity index (χ1v) is 8.92. The highest BCUT2D eigenvalue weighted by Crippen LogP contribution is 2.23. The summed E-state index contributed by atoms with van der Waals surface area (Å²) >= 11 is 1.30. The maximum atomic E-state index is 12.4. The molecule has 0 fully saturated rings. The van der Waals surface area contributed by atoms with Gasteiger partial charge in [-0.15, -0.1) is 0 Å². The zero-order valence-electron chi connectivity index (χ0n) is 14.1. The van der Waals surface area contributed by atoms with Gasteiger partial charge in [-0.05, 0) is 55.2 Å². The molecule has 5 nitrogen and oxygen atoms in total. The molecule has 0 saturated carbocycles. The van der Waals surface area contributed by atoms with Crippen LogP contribution in [0, 0.1) is 0 Å². The molecule has 1 heterocycles. The highest BCUT2D eigenvalue weighted by Gasteiger charge is 2.14. The lowest BCUT2D eigenvalue weighted by Gasteiger charge is -2.11. The number of aromatic nitrogens is 1. The van der Waals surface area contributed by atoms with Gasteiger partial charge in [0, 0.05) is 22.7 Å². The molecule has 0 radical (unpaired) electrons. The second-order valence-corrected chi connectivity index (χ2v) is 6.65. The molecule has 0 aliphatic rings. The average molecular weight is 353 g/mol. The number of nitrogens with zero attached hydrogens (tertiary/aromatic N) is 1. The topological polar surface area (TPSA) is 71.1 Å². The lowest BCUT2D eigenvalue weighted by molar-refractivity contribution is 0.0938. The molecule has 0 spiro atoms. The molecule has 1 atom stereocenters. The molecule has 1 aromatic heterocycles. The van der Waals surface area contributed by atoms with Crippen molar-refractivity contribution in [1.29, 1.82) is 0 Å². The summed E-state index contributed by atoms with van der Waals surface area (Å²) in [5, 5.41) is 6.58. The molecule has 2 aromatic carbocycles. The minimum absolute atomic E-state index is 0.113. The second kappa shape index (κ2) is 7.44. The third kappa shape index (κ3) is 3.85. The number of anilines is 1. The van der Waals surface area contributed by atoms with Crippen LogP contribution in [-0.2, 0) is 0 Å². The van der Waals surface area contributed by atoms with Crippen LogP contribution in [0.1, 0.15) is 41.1 Å². The molecular formula is C19H19N3O2S. The molecule has 6 heteroatoms. The summed E-state index contributed by atoms with van der Waals surface area (Å²) in [6.45, 7) is 3.98. The molecule has 2 N–H and O–H groups in total. The van der Waals surface area contributed by atoms with Gasteiger partial charge in [-0.3, -0.25) is 9.59 Å². The van der Waals surface area contributed by atoms with Crippen molar-refractivity contribution in [3.63, 3.8) is 0 Å². The number of fused-ring (bicyclic) bond motifs is 1. The number of carbonyl (C=O) groups excluding carboxylic acids is 2. The van der Waals surface area contributed by atoms with Crippen LogP contribution in [0.3, 0.4) is 0 Å². The van der Waals surface area contributed by atoms with Crippen molar-refractivity contribution in [1.82, 2.24) is 9.69 Å². The Kier molecular flexibility index (Phi) is 5.09. The van der Waals surface area contributed by atoms with Crippen LogP contribution in [0.2, 0.25) is 0 Å². The summed E-state index contributed by atoms with van der Waals surface area (Å²) in [6, 6.07) is 14.6. The standard InChI is InChI=1S/C19H19N3O2S/c1-3-12(2)20-18(23)13-8-10-14(11-9-13)21-19(24)17-15-6-4-5-7-16(15)25-22-17/h4-12H,3H2,1-2H3,(H,20,23)(H,21,24). The third-order valence-corrected chi connectivity index (χ3v) is 4.81. The van der Waals surface area contributed by atoms with Gasteiger partial charge in [-0.1, -0.05) is 25.1 Å². The normalized spacial score (nSPS) is 11.9. The first-order valence-electron chi connectivity index (χ1n) is 8.15. The monoisotopic (exact) mass is 353 g/mol. The summed E-state index contributed by atoms with van der Waals surface area (Å²) in [4.78, 5) is 24.5. The van der Waals surface area contributed by atoms with E-state index >= 15 is 0 Å². The Morgan fingerprint density at radius 2 is 1.80 bits per heavy atom. The number of carbonyl (C=O) groups is 2. The van der Waals surface area contributed by atoms with Crippen LogP contribution in [-0.4, -0.2) is 22.2 Å². The Morgan fingerprint density at radius 3 is 2.52 bits per heavy atom. The van der Waals surface area contributed by atoms with E-state index in [2.05, 4.69) is 15.0 Å². The van der Waals surface area contributed by atoms with E-state index in [1.807, 2.05) is 38.1 Å². The van der Waals surface area contributed by atoms with Crippen molar-refractivity contribution in [2.75, 3.05) is 5.32 Å². The third-order valence-electron chi connectivity index (χ3n) is 3.99. The van der Waals surface area contributed by atoms with Crippen LogP contribution in [0.4, 0.5) is 5.69 Å². The summed E-state index contributed by atoms with van der Waals surface area (Å²) in [7, 11) is 0. The summed E-state index contributed by atoms with van der Waals surface area (Å²) < 4.78 is 5.22. The van der Waals surface area contributed by atoms with Gasteiger partial charge in [-0.25, -0.2) is 0 Å². The Bertz CT molecular complexity index is 902. The van der Waals surface area contributed by atoms with E-state index in [-0.39, 0.29) is 17.9 Å². The van der Waals surface area contributed by atoms with Crippen LogP contribution < -0.4 is 10.6 Å². The predicted octanol–water partition coefficient (Wildman–Crippen LogP) is 4.08.